The lowest BCUT2D eigenvalue weighted by Crippen LogP contribution is -2.38. The molecule has 0 saturated carbocycles. The second-order valence-electron chi connectivity index (χ2n) is 4.34. The van der Waals surface area contributed by atoms with E-state index in [9.17, 15) is 0 Å². The number of hydrogen-bond donors (Lipinski definition) is 1. The predicted molar refractivity (Wildman–Crippen MR) is 67.0 cm³/mol. The summed E-state index contributed by atoms with van der Waals surface area (Å²) in [5.41, 5.74) is 6.43. The number of rotatable bonds is 3. The van der Waals surface area contributed by atoms with Crippen molar-refractivity contribution in [2.75, 3.05) is 38.6 Å². The van der Waals surface area contributed by atoms with E-state index in [1.165, 1.54) is 6.33 Å². The highest BCUT2D eigenvalue weighted by Crippen LogP contribution is 2.14. The fourth-order valence-corrected chi connectivity index (χ4v) is 2.09. The molecule has 0 radical (unpaired) electrons. The number of hydrogen-bond acceptors (Lipinski definition) is 6. The molecule has 1 saturated heterocycles. The van der Waals surface area contributed by atoms with Crippen LogP contribution in [0.2, 0.25) is 0 Å². The van der Waals surface area contributed by atoms with Crippen LogP contribution in [0, 0.1) is 0 Å². The van der Waals surface area contributed by atoms with Gasteiger partial charge in [0.25, 0.3) is 0 Å². The van der Waals surface area contributed by atoms with Gasteiger partial charge >= 0.3 is 0 Å². The highest BCUT2D eigenvalue weighted by atomic mass is 16.5. The molecule has 0 aliphatic carbocycles. The van der Waals surface area contributed by atoms with Crippen molar-refractivity contribution in [1.29, 1.82) is 0 Å². The zero-order valence-electron chi connectivity index (χ0n) is 10.1. The minimum absolute atomic E-state index is 0.484. The molecule has 7 nitrogen and oxygen atoms in total. The Morgan fingerprint density at radius 2 is 2.06 bits per heavy atom. The highest BCUT2D eigenvalue weighted by Gasteiger charge is 2.11. The van der Waals surface area contributed by atoms with Crippen molar-refractivity contribution in [3.8, 4) is 0 Å². The maximum atomic E-state index is 5.78. The van der Waals surface area contributed by atoms with E-state index in [0.717, 1.165) is 44.8 Å². The fourth-order valence-electron chi connectivity index (χ4n) is 2.09. The Morgan fingerprint density at radius 3 is 2.83 bits per heavy atom. The van der Waals surface area contributed by atoms with E-state index >= 15 is 0 Å². The topological polar surface area (TPSA) is 82.1 Å². The van der Waals surface area contributed by atoms with Gasteiger partial charge in [-0.2, -0.15) is 5.10 Å². The highest BCUT2D eigenvalue weighted by molar-refractivity contribution is 5.84. The largest absolute Gasteiger partial charge is 0.383 e. The summed E-state index contributed by atoms with van der Waals surface area (Å²) in [6.07, 6.45) is 3.35. The molecule has 1 fully saturated rings. The van der Waals surface area contributed by atoms with E-state index in [2.05, 4.69) is 20.0 Å². The normalized spacial score (nSPS) is 17.3. The molecular formula is C11H16N6O. The smallest absolute Gasteiger partial charge is 0.186 e. The Morgan fingerprint density at radius 1 is 1.22 bits per heavy atom. The first-order valence-corrected chi connectivity index (χ1v) is 6.07. The first kappa shape index (κ1) is 11.4. The third-order valence-corrected chi connectivity index (χ3v) is 3.14. The van der Waals surface area contributed by atoms with Gasteiger partial charge in [0.15, 0.2) is 5.65 Å². The Hall–Kier alpha value is -1.73. The standard InChI is InChI=1S/C11H16N6O/c12-10-9-7-17(15-11(9)14-8-13-10)2-1-16-3-5-18-6-4-16/h7-8H,1-6H2,(H2,12,13,14,15). The van der Waals surface area contributed by atoms with E-state index < -0.39 is 0 Å². The Balaban J connectivity index is 1.69. The summed E-state index contributed by atoms with van der Waals surface area (Å²) in [4.78, 5) is 10.4. The molecule has 3 heterocycles. The van der Waals surface area contributed by atoms with Crippen LogP contribution in [-0.2, 0) is 11.3 Å². The maximum absolute atomic E-state index is 5.78. The first-order valence-electron chi connectivity index (χ1n) is 6.07. The van der Waals surface area contributed by atoms with Crippen molar-refractivity contribution in [2.45, 2.75) is 6.54 Å². The summed E-state index contributed by atoms with van der Waals surface area (Å²) in [5, 5.41) is 5.20. The van der Waals surface area contributed by atoms with Gasteiger partial charge in [0.1, 0.15) is 12.1 Å². The SMILES string of the molecule is Nc1ncnc2nn(CCN3CCOCC3)cc12. The Bertz CT molecular complexity index is 533. The molecule has 2 aromatic heterocycles. The molecule has 7 heteroatoms. The molecule has 0 aromatic carbocycles. The number of nitrogens with zero attached hydrogens (tertiary/aromatic N) is 5. The average molecular weight is 248 g/mol. The maximum Gasteiger partial charge on any atom is 0.186 e. The summed E-state index contributed by atoms with van der Waals surface area (Å²) in [6.45, 7) is 5.41. The molecule has 0 bridgehead atoms. The van der Waals surface area contributed by atoms with E-state index in [1.807, 2.05) is 10.9 Å². The quantitative estimate of drug-likeness (QED) is 0.806. The number of fused-ring (bicyclic) bond motifs is 1. The number of nitrogen functional groups attached to an aromatic ring is 1. The molecule has 0 amide bonds. The molecule has 0 unspecified atom stereocenters. The van der Waals surface area contributed by atoms with Crippen molar-refractivity contribution in [2.24, 2.45) is 0 Å². The number of aromatic nitrogens is 4. The van der Waals surface area contributed by atoms with Crippen molar-refractivity contribution in [3.63, 3.8) is 0 Å². The molecule has 1 aliphatic heterocycles. The molecule has 1 aliphatic rings. The lowest BCUT2D eigenvalue weighted by molar-refractivity contribution is 0.0360. The van der Waals surface area contributed by atoms with Crippen molar-refractivity contribution in [3.05, 3.63) is 12.5 Å². The molecule has 0 spiro atoms. The number of nitrogens with two attached hydrogens (primary N) is 1. The third kappa shape index (κ3) is 2.27. The van der Waals surface area contributed by atoms with Crippen molar-refractivity contribution in [1.82, 2.24) is 24.6 Å². The summed E-state index contributed by atoms with van der Waals surface area (Å²) in [6, 6.07) is 0. The monoisotopic (exact) mass is 248 g/mol. The van der Waals surface area contributed by atoms with Gasteiger partial charge < -0.3 is 10.5 Å². The van der Waals surface area contributed by atoms with Gasteiger partial charge in [0.2, 0.25) is 0 Å². The molecule has 3 rings (SSSR count). The average Bonchev–Trinajstić information content (AvgIpc) is 2.82. The van der Waals surface area contributed by atoms with Gasteiger partial charge in [-0.15, -0.1) is 0 Å². The zero-order chi connectivity index (χ0) is 12.4. The summed E-state index contributed by atoms with van der Waals surface area (Å²) in [7, 11) is 0. The number of ether oxygens (including phenoxy) is 1. The second-order valence-corrected chi connectivity index (χ2v) is 4.34. The summed E-state index contributed by atoms with van der Waals surface area (Å²) >= 11 is 0. The third-order valence-electron chi connectivity index (χ3n) is 3.14. The van der Waals surface area contributed by atoms with E-state index in [4.69, 9.17) is 10.5 Å². The summed E-state index contributed by atoms with van der Waals surface area (Å²) < 4.78 is 7.20. The van der Waals surface area contributed by atoms with Crippen LogP contribution in [0.15, 0.2) is 12.5 Å². The molecule has 2 aromatic rings. The predicted octanol–water partition coefficient (Wildman–Crippen LogP) is -0.259. The molecule has 0 atom stereocenters. The van der Waals surface area contributed by atoms with E-state index in [-0.39, 0.29) is 0 Å². The van der Waals surface area contributed by atoms with Gasteiger partial charge in [-0.05, 0) is 0 Å². The molecule has 2 N–H and O–H groups in total. The van der Waals surface area contributed by atoms with Crippen LogP contribution in [0.25, 0.3) is 11.0 Å². The van der Waals surface area contributed by atoms with E-state index in [0.29, 0.717) is 11.5 Å². The number of morpholine rings is 1. The lowest BCUT2D eigenvalue weighted by Gasteiger charge is -2.26. The molecular weight excluding hydrogens is 232 g/mol. The minimum Gasteiger partial charge on any atom is -0.383 e. The van der Waals surface area contributed by atoms with Crippen molar-refractivity contribution >= 4 is 16.9 Å². The van der Waals surface area contributed by atoms with Crippen LogP contribution in [0.5, 0.6) is 0 Å². The van der Waals surface area contributed by atoms with Gasteiger partial charge in [-0.1, -0.05) is 0 Å². The zero-order valence-corrected chi connectivity index (χ0v) is 10.1. The lowest BCUT2D eigenvalue weighted by atomic mass is 10.4. The van der Waals surface area contributed by atoms with Gasteiger partial charge in [-0.3, -0.25) is 9.58 Å². The first-order chi connectivity index (χ1) is 8.83. The van der Waals surface area contributed by atoms with Crippen LogP contribution >= 0.6 is 0 Å². The fraction of sp³-hybridized carbons (Fsp3) is 0.545. The van der Waals surface area contributed by atoms with E-state index in [1.54, 1.807) is 0 Å². The van der Waals surface area contributed by atoms with Crippen LogP contribution in [0.3, 0.4) is 0 Å². The Kier molecular flexibility index (Phi) is 3.07. The van der Waals surface area contributed by atoms with Gasteiger partial charge in [0.05, 0.1) is 25.1 Å². The van der Waals surface area contributed by atoms with Crippen LogP contribution < -0.4 is 5.73 Å². The second kappa shape index (κ2) is 4.87. The Labute approximate surface area is 105 Å². The van der Waals surface area contributed by atoms with Crippen LogP contribution in [-0.4, -0.2) is 57.5 Å². The van der Waals surface area contributed by atoms with Crippen molar-refractivity contribution < 1.29 is 4.74 Å². The minimum atomic E-state index is 0.484. The number of anilines is 1. The molecule has 96 valence electrons. The van der Waals surface area contributed by atoms with Gasteiger partial charge in [-0.25, -0.2) is 9.97 Å². The van der Waals surface area contributed by atoms with Gasteiger partial charge in [0, 0.05) is 25.8 Å². The summed E-state index contributed by atoms with van der Waals surface area (Å²) in [5.74, 6) is 0.484. The van der Waals surface area contributed by atoms with Crippen LogP contribution in [0.4, 0.5) is 5.82 Å². The van der Waals surface area contributed by atoms with Crippen LogP contribution in [0.1, 0.15) is 0 Å². The molecule has 18 heavy (non-hydrogen) atoms.